The number of nitrogens with one attached hydrogen (secondary N) is 1. The highest BCUT2D eigenvalue weighted by molar-refractivity contribution is 7.89. The predicted octanol–water partition coefficient (Wildman–Crippen LogP) is 2.85. The van der Waals surface area contributed by atoms with Gasteiger partial charge >= 0.3 is 0 Å². The minimum atomic E-state index is -4.02. The molecule has 0 aliphatic carbocycles. The zero-order valence-corrected chi connectivity index (χ0v) is 18.2. The van der Waals surface area contributed by atoms with Gasteiger partial charge in [0.15, 0.2) is 0 Å². The molecule has 0 saturated carbocycles. The van der Waals surface area contributed by atoms with Crippen LogP contribution in [0.15, 0.2) is 52.5 Å². The van der Waals surface area contributed by atoms with Crippen molar-refractivity contribution in [1.82, 2.24) is 4.31 Å². The fourth-order valence-electron chi connectivity index (χ4n) is 3.26. The van der Waals surface area contributed by atoms with Crippen LogP contribution in [0.4, 0.5) is 11.4 Å². The van der Waals surface area contributed by atoms with Crippen LogP contribution in [-0.4, -0.2) is 56.3 Å². The molecule has 166 valence electrons. The van der Waals surface area contributed by atoms with Crippen LogP contribution in [0.25, 0.3) is 0 Å². The average Bonchev–Trinajstić information content (AvgIpc) is 2.73. The number of benzene rings is 2. The highest BCUT2D eigenvalue weighted by Gasteiger charge is 2.34. The molecule has 11 heteroatoms. The van der Waals surface area contributed by atoms with Gasteiger partial charge in [-0.15, -0.1) is 0 Å². The smallest absolute Gasteiger partial charge is 0.270 e. The van der Waals surface area contributed by atoms with Gasteiger partial charge in [-0.3, -0.25) is 15.5 Å². The predicted molar refractivity (Wildman–Crippen MR) is 116 cm³/mol. The second-order valence-electron chi connectivity index (χ2n) is 7.16. The first-order valence-corrected chi connectivity index (χ1v) is 11.0. The van der Waals surface area contributed by atoms with Gasteiger partial charge in [0.05, 0.1) is 36.1 Å². The number of hydrogen-bond acceptors (Lipinski definition) is 8. The van der Waals surface area contributed by atoms with Gasteiger partial charge < -0.3 is 9.47 Å². The number of hydrazone groups is 1. The van der Waals surface area contributed by atoms with Gasteiger partial charge in [-0.2, -0.15) is 9.41 Å². The number of rotatable bonds is 7. The van der Waals surface area contributed by atoms with Crippen LogP contribution in [0.1, 0.15) is 19.4 Å². The summed E-state index contributed by atoms with van der Waals surface area (Å²) in [7, 11) is -2.46. The van der Waals surface area contributed by atoms with Gasteiger partial charge in [0.1, 0.15) is 10.6 Å². The monoisotopic (exact) mass is 448 g/mol. The third-order valence-corrected chi connectivity index (χ3v) is 6.57. The largest absolute Gasteiger partial charge is 0.497 e. The van der Waals surface area contributed by atoms with E-state index in [1.807, 2.05) is 0 Å². The highest BCUT2D eigenvalue weighted by atomic mass is 32.2. The minimum Gasteiger partial charge on any atom is -0.497 e. The molecule has 1 aliphatic heterocycles. The molecule has 1 aliphatic rings. The number of nitrogens with zero attached hydrogens (tertiary/aromatic N) is 3. The van der Waals surface area contributed by atoms with E-state index in [1.165, 1.54) is 22.7 Å². The fraction of sp³-hybridized carbons (Fsp3) is 0.350. The van der Waals surface area contributed by atoms with Gasteiger partial charge in [-0.25, -0.2) is 8.42 Å². The van der Waals surface area contributed by atoms with E-state index in [1.54, 1.807) is 45.2 Å². The number of hydrogen-bond donors (Lipinski definition) is 1. The van der Waals surface area contributed by atoms with E-state index in [-0.39, 0.29) is 41.6 Å². The standard InChI is InChI=1S/C20H24N4O6S/c1-14-12-23(13-15(2)30-14)31(27,28)20-10-17(24(25)26)6-9-19(20)22-21-11-16-4-7-18(29-3)8-5-16/h4-11,14-15,22H,12-13H2,1-3H3/b21-11-/t14-,15-/m0/s1. The zero-order valence-electron chi connectivity index (χ0n) is 17.4. The maximum Gasteiger partial charge on any atom is 0.270 e. The first-order valence-electron chi connectivity index (χ1n) is 9.58. The van der Waals surface area contributed by atoms with E-state index < -0.39 is 14.9 Å². The van der Waals surface area contributed by atoms with Crippen LogP contribution in [0.5, 0.6) is 5.75 Å². The summed E-state index contributed by atoms with van der Waals surface area (Å²) >= 11 is 0. The van der Waals surface area contributed by atoms with Crippen LogP contribution in [0.2, 0.25) is 0 Å². The van der Waals surface area contributed by atoms with E-state index in [4.69, 9.17) is 9.47 Å². The summed E-state index contributed by atoms with van der Waals surface area (Å²) in [5.41, 5.74) is 3.28. The maximum absolute atomic E-state index is 13.3. The Kier molecular flexibility index (Phi) is 6.88. The molecule has 1 heterocycles. The van der Waals surface area contributed by atoms with Crippen molar-refractivity contribution < 1.29 is 22.8 Å². The molecule has 1 saturated heterocycles. The Morgan fingerprint density at radius 3 is 2.42 bits per heavy atom. The molecule has 3 rings (SSSR count). The summed E-state index contributed by atoms with van der Waals surface area (Å²) in [5, 5.41) is 15.3. The van der Waals surface area contributed by atoms with Gasteiger partial charge in [0.25, 0.3) is 5.69 Å². The Labute approximate surface area is 180 Å². The normalized spacial score (nSPS) is 20.0. The summed E-state index contributed by atoms with van der Waals surface area (Å²) < 4.78 is 38.6. The minimum absolute atomic E-state index is 0.141. The second-order valence-corrected chi connectivity index (χ2v) is 9.07. The number of non-ortho nitro benzene ring substituents is 1. The summed E-state index contributed by atoms with van der Waals surface area (Å²) in [5.74, 6) is 0.697. The molecule has 2 aromatic carbocycles. The fourth-order valence-corrected chi connectivity index (χ4v) is 5.01. The first-order chi connectivity index (χ1) is 14.7. The topological polar surface area (TPSA) is 123 Å². The van der Waals surface area contributed by atoms with Crippen molar-refractivity contribution in [2.75, 3.05) is 25.6 Å². The number of ether oxygens (including phenoxy) is 2. The van der Waals surface area contributed by atoms with Crippen LogP contribution < -0.4 is 10.2 Å². The molecule has 0 aromatic heterocycles. The first kappa shape index (κ1) is 22.7. The quantitative estimate of drug-likeness (QED) is 0.392. The number of morpholine rings is 1. The van der Waals surface area contributed by atoms with Crippen LogP contribution >= 0.6 is 0 Å². The lowest BCUT2D eigenvalue weighted by Gasteiger charge is -2.34. The van der Waals surface area contributed by atoms with E-state index >= 15 is 0 Å². The van der Waals surface area contributed by atoms with E-state index in [0.29, 0.717) is 5.75 Å². The van der Waals surface area contributed by atoms with Gasteiger partial charge in [0, 0.05) is 25.2 Å². The van der Waals surface area contributed by atoms with Crippen molar-refractivity contribution >= 4 is 27.6 Å². The molecular weight excluding hydrogens is 424 g/mol. The molecular formula is C20H24N4O6S. The van der Waals surface area contributed by atoms with Crippen LogP contribution in [-0.2, 0) is 14.8 Å². The van der Waals surface area contributed by atoms with Crippen molar-refractivity contribution in [1.29, 1.82) is 0 Å². The molecule has 0 radical (unpaired) electrons. The van der Waals surface area contributed by atoms with Crippen molar-refractivity contribution in [3.8, 4) is 5.75 Å². The maximum atomic E-state index is 13.3. The lowest BCUT2D eigenvalue weighted by atomic mass is 10.2. The Balaban J connectivity index is 1.91. The molecule has 0 spiro atoms. The number of nitro groups is 1. The Hall–Kier alpha value is -3.02. The van der Waals surface area contributed by atoms with E-state index in [2.05, 4.69) is 10.5 Å². The third-order valence-electron chi connectivity index (χ3n) is 4.69. The Morgan fingerprint density at radius 1 is 1.19 bits per heavy atom. The number of anilines is 1. The molecule has 0 unspecified atom stereocenters. The SMILES string of the molecule is COc1ccc(/C=N\Nc2ccc([N+](=O)[O-])cc2S(=O)(=O)N2C[C@H](C)O[C@@H](C)C2)cc1. The molecule has 1 fully saturated rings. The average molecular weight is 449 g/mol. The van der Waals surface area contributed by atoms with Crippen molar-refractivity contribution in [2.24, 2.45) is 5.10 Å². The zero-order chi connectivity index (χ0) is 22.6. The molecule has 10 nitrogen and oxygen atoms in total. The summed E-state index contributed by atoms with van der Waals surface area (Å²) in [6.07, 6.45) is 0.930. The second kappa shape index (κ2) is 9.41. The van der Waals surface area contributed by atoms with E-state index in [9.17, 15) is 18.5 Å². The number of methoxy groups -OCH3 is 1. The lowest BCUT2D eigenvalue weighted by Crippen LogP contribution is -2.48. The van der Waals surface area contributed by atoms with Gasteiger partial charge in [0.2, 0.25) is 10.0 Å². The molecule has 0 bridgehead atoms. The van der Waals surface area contributed by atoms with Gasteiger partial charge in [-0.1, -0.05) is 0 Å². The van der Waals surface area contributed by atoms with Crippen molar-refractivity contribution in [3.05, 3.63) is 58.1 Å². The molecule has 2 aromatic rings. The van der Waals surface area contributed by atoms with Crippen LogP contribution in [0, 0.1) is 10.1 Å². The molecule has 2 atom stereocenters. The van der Waals surface area contributed by atoms with Gasteiger partial charge in [-0.05, 0) is 49.7 Å². The van der Waals surface area contributed by atoms with Crippen LogP contribution in [0.3, 0.4) is 0 Å². The number of sulfonamides is 1. The van der Waals surface area contributed by atoms with E-state index in [0.717, 1.165) is 11.6 Å². The molecule has 1 N–H and O–H groups in total. The molecule has 31 heavy (non-hydrogen) atoms. The summed E-state index contributed by atoms with van der Waals surface area (Å²) in [4.78, 5) is 10.4. The summed E-state index contributed by atoms with van der Waals surface area (Å²) in [6.45, 7) is 3.88. The van der Waals surface area contributed by atoms with Crippen molar-refractivity contribution in [2.45, 2.75) is 31.0 Å². The van der Waals surface area contributed by atoms with Crippen molar-refractivity contribution in [3.63, 3.8) is 0 Å². The molecule has 0 amide bonds. The Bertz CT molecular complexity index is 1060. The highest BCUT2D eigenvalue weighted by Crippen LogP contribution is 2.30. The Morgan fingerprint density at radius 2 is 1.84 bits per heavy atom. The summed E-state index contributed by atoms with van der Waals surface area (Å²) in [6, 6.07) is 10.7. The lowest BCUT2D eigenvalue weighted by molar-refractivity contribution is -0.385. The number of nitro benzene ring substituents is 1. The third kappa shape index (κ3) is 5.37.